The van der Waals surface area contributed by atoms with Gasteiger partial charge in [0.15, 0.2) is 5.11 Å². The zero-order chi connectivity index (χ0) is 23.1. The summed E-state index contributed by atoms with van der Waals surface area (Å²) in [6.45, 7) is 8.57. The fraction of sp³-hybridized carbons (Fsp3) is 0.222. The number of hydrogen-bond acceptors (Lipinski definition) is 3. The van der Waals surface area contributed by atoms with E-state index in [0.29, 0.717) is 5.11 Å². The van der Waals surface area contributed by atoms with Crippen molar-refractivity contribution < 1.29 is 0 Å². The molecule has 5 rings (SSSR count). The summed E-state index contributed by atoms with van der Waals surface area (Å²) in [6.07, 6.45) is 5.55. The van der Waals surface area contributed by atoms with Crippen LogP contribution >= 0.6 is 12.2 Å². The van der Waals surface area contributed by atoms with Gasteiger partial charge in [-0.3, -0.25) is 9.97 Å². The van der Waals surface area contributed by atoms with Crippen LogP contribution in [0.3, 0.4) is 0 Å². The number of nitrogens with zero attached hydrogens (tertiary/aromatic N) is 4. The van der Waals surface area contributed by atoms with E-state index in [1.54, 1.807) is 6.20 Å². The van der Waals surface area contributed by atoms with Crippen LogP contribution < -0.4 is 10.2 Å². The molecule has 0 aliphatic carbocycles. The molecule has 6 heteroatoms. The predicted molar refractivity (Wildman–Crippen MR) is 137 cm³/mol. The van der Waals surface area contributed by atoms with Crippen molar-refractivity contribution in [3.05, 3.63) is 107 Å². The van der Waals surface area contributed by atoms with Crippen LogP contribution in [0, 0.1) is 27.7 Å². The van der Waals surface area contributed by atoms with E-state index in [-0.39, 0.29) is 12.1 Å². The molecule has 3 aromatic heterocycles. The molecule has 33 heavy (non-hydrogen) atoms. The van der Waals surface area contributed by atoms with Crippen molar-refractivity contribution in [1.29, 1.82) is 0 Å². The highest BCUT2D eigenvalue weighted by atomic mass is 32.1. The Balaban J connectivity index is 1.70. The third-order valence-corrected chi connectivity index (χ3v) is 6.59. The average Bonchev–Trinajstić information content (AvgIpc) is 3.29. The highest BCUT2D eigenvalue weighted by Crippen LogP contribution is 2.44. The van der Waals surface area contributed by atoms with E-state index < -0.39 is 0 Å². The van der Waals surface area contributed by atoms with Crippen molar-refractivity contribution >= 4 is 23.0 Å². The number of rotatable bonds is 4. The number of hydrogen-bond donors (Lipinski definition) is 1. The third kappa shape index (κ3) is 3.80. The van der Waals surface area contributed by atoms with Crippen molar-refractivity contribution in [3.63, 3.8) is 0 Å². The third-order valence-electron chi connectivity index (χ3n) is 6.28. The van der Waals surface area contributed by atoms with Gasteiger partial charge in [0.1, 0.15) is 0 Å². The highest BCUT2D eigenvalue weighted by molar-refractivity contribution is 7.80. The van der Waals surface area contributed by atoms with Crippen molar-refractivity contribution in [3.8, 4) is 5.69 Å². The van der Waals surface area contributed by atoms with Gasteiger partial charge in [-0.05, 0) is 99.1 Å². The lowest BCUT2D eigenvalue weighted by Crippen LogP contribution is -2.29. The topological polar surface area (TPSA) is 46.0 Å². The molecule has 1 fully saturated rings. The molecule has 4 aromatic rings. The second kappa shape index (κ2) is 8.45. The summed E-state index contributed by atoms with van der Waals surface area (Å²) >= 11 is 5.91. The van der Waals surface area contributed by atoms with Crippen LogP contribution in [0.5, 0.6) is 0 Å². The molecular formula is C27H27N5S. The van der Waals surface area contributed by atoms with Gasteiger partial charge in [-0.2, -0.15) is 0 Å². The van der Waals surface area contributed by atoms with Crippen molar-refractivity contribution in [1.82, 2.24) is 19.9 Å². The van der Waals surface area contributed by atoms with E-state index in [4.69, 9.17) is 12.2 Å². The Hall–Kier alpha value is -3.51. The summed E-state index contributed by atoms with van der Waals surface area (Å²) < 4.78 is 2.26. The molecule has 5 nitrogen and oxygen atoms in total. The van der Waals surface area contributed by atoms with Crippen molar-refractivity contribution in [2.45, 2.75) is 39.8 Å². The van der Waals surface area contributed by atoms with Gasteiger partial charge in [0.2, 0.25) is 0 Å². The molecule has 0 saturated carbocycles. The summed E-state index contributed by atoms with van der Waals surface area (Å²) in [5.74, 6) is 0. The van der Waals surface area contributed by atoms with Gasteiger partial charge in [-0.1, -0.05) is 12.1 Å². The molecule has 1 saturated heterocycles. The zero-order valence-electron chi connectivity index (χ0n) is 19.3. The lowest BCUT2D eigenvalue weighted by Gasteiger charge is -2.28. The number of benzene rings is 1. The summed E-state index contributed by atoms with van der Waals surface area (Å²) in [7, 11) is 0. The van der Waals surface area contributed by atoms with Gasteiger partial charge < -0.3 is 14.8 Å². The van der Waals surface area contributed by atoms with Crippen LogP contribution in [0.1, 0.15) is 45.9 Å². The zero-order valence-corrected chi connectivity index (χ0v) is 20.1. The highest BCUT2D eigenvalue weighted by Gasteiger charge is 2.42. The second-order valence-electron chi connectivity index (χ2n) is 8.72. The number of aromatic nitrogens is 3. The summed E-state index contributed by atoms with van der Waals surface area (Å²) in [5.41, 5.74) is 9.11. The van der Waals surface area contributed by atoms with Crippen molar-refractivity contribution in [2.24, 2.45) is 0 Å². The second-order valence-corrected chi connectivity index (χ2v) is 9.10. The summed E-state index contributed by atoms with van der Waals surface area (Å²) in [4.78, 5) is 11.3. The monoisotopic (exact) mass is 453 g/mol. The average molecular weight is 454 g/mol. The van der Waals surface area contributed by atoms with E-state index in [9.17, 15) is 0 Å². The van der Waals surface area contributed by atoms with Gasteiger partial charge in [0.25, 0.3) is 0 Å². The first-order valence-corrected chi connectivity index (χ1v) is 11.5. The number of nitrogens with one attached hydrogen (secondary N) is 1. The predicted octanol–water partition coefficient (Wildman–Crippen LogP) is 5.68. The Morgan fingerprint density at radius 3 is 2.33 bits per heavy atom. The molecular weight excluding hydrogens is 426 g/mol. The molecule has 166 valence electrons. The van der Waals surface area contributed by atoms with E-state index in [0.717, 1.165) is 22.8 Å². The Labute approximate surface area is 200 Å². The molecule has 1 aliphatic rings. The van der Waals surface area contributed by atoms with Gasteiger partial charge in [0.05, 0.1) is 29.7 Å². The van der Waals surface area contributed by atoms with E-state index in [1.807, 2.05) is 30.6 Å². The molecule has 2 atom stereocenters. The largest absolute Gasteiger partial charge is 0.351 e. The molecule has 0 amide bonds. The molecule has 0 spiro atoms. The number of aryl methyl sites for hydroxylation is 3. The lowest BCUT2D eigenvalue weighted by molar-refractivity contribution is 0.565. The summed E-state index contributed by atoms with van der Waals surface area (Å²) in [6, 6.07) is 18.9. The number of thiocarbonyl (C=S) groups is 1. The Morgan fingerprint density at radius 1 is 0.879 bits per heavy atom. The molecule has 4 heterocycles. The van der Waals surface area contributed by atoms with E-state index in [1.165, 1.54) is 22.4 Å². The quantitative estimate of drug-likeness (QED) is 0.403. The molecule has 1 aromatic carbocycles. The minimum absolute atomic E-state index is 0.0368. The van der Waals surface area contributed by atoms with Crippen LogP contribution in [0.2, 0.25) is 0 Å². The van der Waals surface area contributed by atoms with E-state index >= 15 is 0 Å². The fourth-order valence-electron chi connectivity index (χ4n) is 5.01. The number of anilines is 1. The molecule has 0 bridgehead atoms. The van der Waals surface area contributed by atoms with Gasteiger partial charge in [0, 0.05) is 29.5 Å². The maximum absolute atomic E-state index is 5.91. The molecule has 1 aliphatic heterocycles. The van der Waals surface area contributed by atoms with Crippen LogP contribution in [0.15, 0.2) is 73.2 Å². The first kappa shape index (κ1) is 21.3. The van der Waals surface area contributed by atoms with Crippen LogP contribution in [0.4, 0.5) is 5.69 Å². The van der Waals surface area contributed by atoms with Gasteiger partial charge in [-0.25, -0.2) is 0 Å². The normalized spacial score (nSPS) is 17.9. The Bertz CT molecular complexity index is 1290. The van der Waals surface area contributed by atoms with Gasteiger partial charge in [-0.15, -0.1) is 0 Å². The van der Waals surface area contributed by atoms with Crippen molar-refractivity contribution in [2.75, 3.05) is 4.90 Å². The Morgan fingerprint density at radius 2 is 1.67 bits per heavy atom. The maximum Gasteiger partial charge on any atom is 0.174 e. The SMILES string of the molecule is Cc1cc(C)cc(N2C(=S)N[C@H](c3ccccn3)[C@H]2c2cc(C)n(-c3cccnc3)c2C)c1. The van der Waals surface area contributed by atoms with Gasteiger partial charge >= 0.3 is 0 Å². The van der Waals surface area contributed by atoms with Crippen LogP contribution in [0.25, 0.3) is 5.69 Å². The standard InChI is InChI=1S/C27H27N5S/c1-17-12-18(2)14-22(13-17)32-26(25(30-27(32)33)24-9-5-6-11-29-24)23-15-19(3)31(20(23)4)21-8-7-10-28-16-21/h5-16,25-26H,1-4H3,(H,30,33)/t25-,26-/m1/s1. The molecule has 0 radical (unpaired) electrons. The van der Waals surface area contributed by atoms with Crippen LogP contribution in [-0.4, -0.2) is 19.6 Å². The minimum atomic E-state index is -0.0673. The first-order chi connectivity index (χ1) is 15.9. The first-order valence-electron chi connectivity index (χ1n) is 11.1. The van der Waals surface area contributed by atoms with Crippen LogP contribution in [-0.2, 0) is 0 Å². The summed E-state index contributed by atoms with van der Waals surface area (Å²) in [5, 5.41) is 4.29. The fourth-order valence-corrected chi connectivity index (χ4v) is 5.36. The number of pyridine rings is 2. The maximum atomic E-state index is 5.91. The molecule has 1 N–H and O–H groups in total. The Kier molecular flexibility index (Phi) is 5.46. The smallest absolute Gasteiger partial charge is 0.174 e. The van der Waals surface area contributed by atoms with E-state index in [2.05, 4.69) is 88.8 Å². The lowest BCUT2D eigenvalue weighted by atomic mass is 9.96. The minimum Gasteiger partial charge on any atom is -0.351 e. The molecule has 0 unspecified atom stereocenters.